The van der Waals surface area contributed by atoms with E-state index in [1.165, 1.54) is 0 Å². The first-order valence-corrected chi connectivity index (χ1v) is 3.08. The SMILES string of the molecule is C=[N+]([O-])Cc1ccccc1.[Mg+2].[OH-]. The summed E-state index contributed by atoms with van der Waals surface area (Å²) in [4.78, 5) is 0. The second-order valence-electron chi connectivity index (χ2n) is 2.13. The van der Waals surface area contributed by atoms with Crippen LogP contribution in [0.5, 0.6) is 0 Å². The zero-order valence-electron chi connectivity index (χ0n) is 6.81. The normalized spacial score (nSPS) is 7.67. The van der Waals surface area contributed by atoms with Gasteiger partial charge in [0.2, 0.25) is 0 Å². The van der Waals surface area contributed by atoms with E-state index in [0.29, 0.717) is 11.3 Å². The minimum absolute atomic E-state index is 0. The van der Waals surface area contributed by atoms with E-state index in [-0.39, 0.29) is 28.5 Å². The molecule has 1 aromatic rings. The first kappa shape index (κ1) is 14.0. The molecule has 0 bridgehead atoms. The molecule has 1 N–H and O–H groups in total. The molecule has 0 radical (unpaired) electrons. The molecule has 60 valence electrons. The zero-order chi connectivity index (χ0) is 7.40. The summed E-state index contributed by atoms with van der Waals surface area (Å²) in [5, 5.41) is 10.4. The Morgan fingerprint density at radius 1 is 1.25 bits per heavy atom. The van der Waals surface area contributed by atoms with Crippen LogP contribution in [0.15, 0.2) is 30.3 Å². The molecular formula is C8H10MgNO2+. The third-order valence-electron chi connectivity index (χ3n) is 1.20. The average Bonchev–Trinajstić information content (AvgIpc) is 1.88. The second kappa shape index (κ2) is 7.09. The largest absolute Gasteiger partial charge is 2.00 e. The van der Waals surface area contributed by atoms with Gasteiger partial charge in [0.1, 0.15) is 6.72 Å². The van der Waals surface area contributed by atoms with Crippen molar-refractivity contribution in [3.63, 3.8) is 0 Å². The van der Waals surface area contributed by atoms with Crippen molar-refractivity contribution in [1.82, 2.24) is 0 Å². The molecule has 1 aromatic carbocycles. The predicted octanol–water partition coefficient (Wildman–Crippen LogP) is 0.840. The summed E-state index contributed by atoms with van der Waals surface area (Å²) < 4.78 is 0.662. The van der Waals surface area contributed by atoms with Crippen molar-refractivity contribution in [3.05, 3.63) is 41.1 Å². The summed E-state index contributed by atoms with van der Waals surface area (Å²) in [6.45, 7) is 3.57. The summed E-state index contributed by atoms with van der Waals surface area (Å²) in [5.74, 6) is 0. The molecule has 0 saturated heterocycles. The summed E-state index contributed by atoms with van der Waals surface area (Å²) >= 11 is 0. The monoisotopic (exact) mass is 176 g/mol. The molecule has 0 atom stereocenters. The van der Waals surface area contributed by atoms with Crippen LogP contribution >= 0.6 is 0 Å². The summed E-state index contributed by atoms with van der Waals surface area (Å²) in [5.41, 5.74) is 0.993. The van der Waals surface area contributed by atoms with E-state index in [4.69, 9.17) is 0 Å². The molecule has 0 aliphatic carbocycles. The molecule has 1 rings (SSSR count). The number of hydrogen-bond acceptors (Lipinski definition) is 2. The Morgan fingerprint density at radius 2 is 1.75 bits per heavy atom. The molecule has 0 aliphatic rings. The van der Waals surface area contributed by atoms with Gasteiger partial charge in [0, 0.05) is 5.56 Å². The topological polar surface area (TPSA) is 56.1 Å². The van der Waals surface area contributed by atoms with Crippen molar-refractivity contribution in [2.24, 2.45) is 0 Å². The number of hydrogen-bond donors (Lipinski definition) is 0. The second-order valence-corrected chi connectivity index (χ2v) is 2.13. The third-order valence-corrected chi connectivity index (χ3v) is 1.20. The fourth-order valence-corrected chi connectivity index (χ4v) is 0.787. The minimum atomic E-state index is 0. The van der Waals surface area contributed by atoms with Gasteiger partial charge >= 0.3 is 23.1 Å². The van der Waals surface area contributed by atoms with E-state index in [2.05, 4.69) is 6.72 Å². The van der Waals surface area contributed by atoms with Gasteiger partial charge in [0.15, 0.2) is 6.54 Å². The molecule has 12 heavy (non-hydrogen) atoms. The molecule has 0 aliphatic heterocycles. The van der Waals surface area contributed by atoms with Gasteiger partial charge in [0.05, 0.1) is 0 Å². The van der Waals surface area contributed by atoms with Gasteiger partial charge in [0.25, 0.3) is 0 Å². The molecule has 0 heterocycles. The number of nitrogens with zero attached hydrogens (tertiary/aromatic N) is 1. The van der Waals surface area contributed by atoms with Crippen LogP contribution in [0, 0.1) is 5.21 Å². The van der Waals surface area contributed by atoms with Gasteiger partial charge < -0.3 is 10.7 Å². The van der Waals surface area contributed by atoms with E-state index in [9.17, 15) is 5.21 Å². The standard InChI is InChI=1S/C8H9NO.Mg.H2O/c1-9(10)7-8-5-3-2-4-6-8;;/h2-6H,1,7H2;;1H2/q;+2;/p-1. The Morgan fingerprint density at radius 3 is 2.17 bits per heavy atom. The Labute approximate surface area is 87.8 Å². The van der Waals surface area contributed by atoms with Crippen molar-refractivity contribution < 1.29 is 10.2 Å². The summed E-state index contributed by atoms with van der Waals surface area (Å²) in [6.07, 6.45) is 0. The van der Waals surface area contributed by atoms with Crippen molar-refractivity contribution in [1.29, 1.82) is 0 Å². The molecule has 0 fully saturated rings. The third kappa shape index (κ3) is 5.12. The van der Waals surface area contributed by atoms with Crippen LogP contribution < -0.4 is 0 Å². The minimum Gasteiger partial charge on any atom is -0.870 e. The van der Waals surface area contributed by atoms with E-state index >= 15 is 0 Å². The molecular weight excluding hydrogens is 166 g/mol. The van der Waals surface area contributed by atoms with Gasteiger partial charge in [-0.1, -0.05) is 30.3 Å². The van der Waals surface area contributed by atoms with Crippen LogP contribution in [-0.4, -0.2) is 40.0 Å². The van der Waals surface area contributed by atoms with Crippen molar-refractivity contribution in [3.8, 4) is 0 Å². The summed E-state index contributed by atoms with van der Waals surface area (Å²) in [6, 6.07) is 9.52. The van der Waals surface area contributed by atoms with Crippen LogP contribution in [0.3, 0.4) is 0 Å². The van der Waals surface area contributed by atoms with Crippen LogP contribution in [0.1, 0.15) is 5.56 Å². The maximum Gasteiger partial charge on any atom is 2.00 e. The van der Waals surface area contributed by atoms with E-state index in [1.807, 2.05) is 30.3 Å². The molecule has 0 unspecified atom stereocenters. The van der Waals surface area contributed by atoms with Gasteiger partial charge in [-0.3, -0.25) is 0 Å². The molecule has 3 nitrogen and oxygen atoms in total. The maximum atomic E-state index is 10.4. The fraction of sp³-hybridized carbons (Fsp3) is 0.125. The molecule has 4 heteroatoms. The van der Waals surface area contributed by atoms with Crippen molar-refractivity contribution in [2.45, 2.75) is 6.54 Å². The van der Waals surface area contributed by atoms with Crippen LogP contribution in [0.2, 0.25) is 0 Å². The molecule has 0 spiro atoms. The smallest absolute Gasteiger partial charge is 0.870 e. The first-order chi connectivity index (χ1) is 4.79. The van der Waals surface area contributed by atoms with E-state index < -0.39 is 0 Å². The molecule has 0 amide bonds. The average molecular weight is 176 g/mol. The van der Waals surface area contributed by atoms with Crippen LogP contribution in [0.25, 0.3) is 0 Å². The number of benzene rings is 1. The van der Waals surface area contributed by atoms with Gasteiger partial charge in [-0.2, -0.15) is 0 Å². The Bertz CT molecular complexity index is 226. The first-order valence-electron chi connectivity index (χ1n) is 3.08. The van der Waals surface area contributed by atoms with Gasteiger partial charge in [-0.25, -0.2) is 4.74 Å². The van der Waals surface area contributed by atoms with Gasteiger partial charge in [-0.05, 0) is 0 Å². The van der Waals surface area contributed by atoms with Crippen LogP contribution in [0.4, 0.5) is 0 Å². The van der Waals surface area contributed by atoms with Crippen molar-refractivity contribution in [2.75, 3.05) is 0 Å². The Balaban J connectivity index is 0. The molecule has 0 saturated carbocycles. The summed E-state index contributed by atoms with van der Waals surface area (Å²) in [7, 11) is 0. The maximum absolute atomic E-state index is 10.4. The number of hydroxylamine groups is 1. The quantitative estimate of drug-likeness (QED) is 0.220. The Hall–Kier alpha value is -0.584. The fourth-order valence-electron chi connectivity index (χ4n) is 0.787. The van der Waals surface area contributed by atoms with E-state index in [0.717, 1.165) is 5.56 Å². The predicted molar refractivity (Wildman–Crippen MR) is 48.6 cm³/mol. The van der Waals surface area contributed by atoms with E-state index in [1.54, 1.807) is 0 Å². The number of rotatable bonds is 2. The Kier molecular flexibility index (Phi) is 8.25. The zero-order valence-corrected chi connectivity index (χ0v) is 8.22. The van der Waals surface area contributed by atoms with Crippen LogP contribution in [-0.2, 0) is 6.54 Å². The van der Waals surface area contributed by atoms with Gasteiger partial charge in [-0.15, -0.1) is 0 Å². The van der Waals surface area contributed by atoms with Crippen molar-refractivity contribution >= 4 is 29.8 Å². The molecule has 0 aromatic heterocycles.